The van der Waals surface area contributed by atoms with Crippen molar-refractivity contribution in [3.63, 3.8) is 0 Å². The second-order valence-corrected chi connectivity index (χ2v) is 8.23. The standard InChI is InChI=1S/C20H26FN3OS/c1-15(2)22-19(25)20(23-17-6-3-5-16(21)13-17)8-10-24(11-9-20)14-18-7-4-12-26-18/h3-7,12-13,15,23H,8-11,14H2,1-2H3,(H,22,25). The van der Waals surface area contributed by atoms with Crippen LogP contribution in [0.15, 0.2) is 41.8 Å². The number of carbonyl (C=O) groups is 1. The fraction of sp³-hybridized carbons (Fsp3) is 0.450. The van der Waals surface area contributed by atoms with Crippen LogP contribution in [-0.2, 0) is 11.3 Å². The molecule has 1 aliphatic heterocycles. The van der Waals surface area contributed by atoms with Gasteiger partial charge >= 0.3 is 0 Å². The van der Waals surface area contributed by atoms with E-state index in [4.69, 9.17) is 0 Å². The van der Waals surface area contributed by atoms with Crippen LogP contribution in [0, 0.1) is 5.82 Å². The number of rotatable bonds is 6. The summed E-state index contributed by atoms with van der Waals surface area (Å²) in [5.74, 6) is -0.308. The highest BCUT2D eigenvalue weighted by Crippen LogP contribution is 2.29. The molecular formula is C20H26FN3OS. The summed E-state index contributed by atoms with van der Waals surface area (Å²) in [5.41, 5.74) is -0.0556. The number of piperidine rings is 1. The van der Waals surface area contributed by atoms with Crippen molar-refractivity contribution < 1.29 is 9.18 Å². The second kappa shape index (κ2) is 8.18. The van der Waals surface area contributed by atoms with Crippen LogP contribution in [0.3, 0.4) is 0 Å². The van der Waals surface area contributed by atoms with Gasteiger partial charge in [-0.2, -0.15) is 0 Å². The van der Waals surface area contributed by atoms with Gasteiger partial charge in [0.15, 0.2) is 0 Å². The Morgan fingerprint density at radius 2 is 2.04 bits per heavy atom. The van der Waals surface area contributed by atoms with Gasteiger partial charge in [-0.15, -0.1) is 11.3 Å². The first-order valence-corrected chi connectivity index (χ1v) is 9.94. The number of halogens is 1. The third kappa shape index (κ3) is 4.62. The summed E-state index contributed by atoms with van der Waals surface area (Å²) < 4.78 is 13.6. The summed E-state index contributed by atoms with van der Waals surface area (Å²) in [6, 6.07) is 10.6. The molecule has 26 heavy (non-hydrogen) atoms. The lowest BCUT2D eigenvalue weighted by molar-refractivity contribution is -0.127. The molecule has 1 aromatic heterocycles. The minimum absolute atomic E-state index is 0.00691. The van der Waals surface area contributed by atoms with E-state index in [2.05, 4.69) is 33.0 Å². The summed E-state index contributed by atoms with van der Waals surface area (Å²) in [5, 5.41) is 8.47. The number of nitrogens with zero attached hydrogens (tertiary/aromatic N) is 1. The first-order chi connectivity index (χ1) is 12.5. The molecule has 2 aromatic rings. The first-order valence-electron chi connectivity index (χ1n) is 9.06. The van der Waals surface area contributed by atoms with Gasteiger partial charge in [-0.05, 0) is 56.3 Å². The highest BCUT2D eigenvalue weighted by Gasteiger charge is 2.41. The maximum Gasteiger partial charge on any atom is 0.245 e. The summed E-state index contributed by atoms with van der Waals surface area (Å²) in [6.45, 7) is 6.48. The molecule has 1 aliphatic rings. The smallest absolute Gasteiger partial charge is 0.245 e. The Morgan fingerprint density at radius 3 is 2.65 bits per heavy atom. The number of nitrogens with one attached hydrogen (secondary N) is 2. The van der Waals surface area contributed by atoms with Crippen molar-refractivity contribution in [3.8, 4) is 0 Å². The number of thiophene rings is 1. The molecule has 140 valence electrons. The lowest BCUT2D eigenvalue weighted by Gasteiger charge is -2.42. The zero-order valence-corrected chi connectivity index (χ0v) is 16.1. The predicted octanol–water partition coefficient (Wildman–Crippen LogP) is 3.86. The van der Waals surface area contributed by atoms with E-state index in [-0.39, 0.29) is 17.8 Å². The third-order valence-electron chi connectivity index (χ3n) is 4.73. The molecule has 4 nitrogen and oxygen atoms in total. The molecule has 0 saturated carbocycles. The summed E-state index contributed by atoms with van der Waals surface area (Å²) in [4.78, 5) is 16.7. The zero-order chi connectivity index (χ0) is 18.6. The maximum atomic E-state index is 13.6. The average molecular weight is 376 g/mol. The van der Waals surface area contributed by atoms with Crippen LogP contribution in [0.25, 0.3) is 0 Å². The molecule has 2 N–H and O–H groups in total. The van der Waals surface area contributed by atoms with E-state index in [1.54, 1.807) is 17.4 Å². The van der Waals surface area contributed by atoms with Crippen LogP contribution in [-0.4, -0.2) is 35.5 Å². The Labute approximate surface area is 158 Å². The molecule has 1 saturated heterocycles. The number of amides is 1. The van der Waals surface area contributed by atoms with Crippen molar-refractivity contribution in [1.82, 2.24) is 10.2 Å². The molecule has 0 atom stereocenters. The van der Waals surface area contributed by atoms with Crippen LogP contribution >= 0.6 is 11.3 Å². The molecule has 6 heteroatoms. The normalized spacial score (nSPS) is 17.2. The van der Waals surface area contributed by atoms with E-state index in [1.165, 1.54) is 17.0 Å². The van der Waals surface area contributed by atoms with Gasteiger partial charge in [0, 0.05) is 36.2 Å². The van der Waals surface area contributed by atoms with E-state index in [1.807, 2.05) is 19.9 Å². The molecule has 0 aliphatic carbocycles. The van der Waals surface area contributed by atoms with E-state index in [9.17, 15) is 9.18 Å². The first kappa shape index (κ1) is 18.9. The van der Waals surface area contributed by atoms with Gasteiger partial charge in [0.25, 0.3) is 0 Å². The number of anilines is 1. The zero-order valence-electron chi connectivity index (χ0n) is 15.3. The minimum atomic E-state index is -0.704. The van der Waals surface area contributed by atoms with E-state index >= 15 is 0 Å². The SMILES string of the molecule is CC(C)NC(=O)C1(Nc2cccc(F)c2)CCN(Cc2cccs2)CC1. The number of hydrogen-bond donors (Lipinski definition) is 2. The van der Waals surface area contributed by atoms with Crippen molar-refractivity contribution in [1.29, 1.82) is 0 Å². The van der Waals surface area contributed by atoms with Crippen molar-refractivity contribution >= 4 is 22.9 Å². The fourth-order valence-electron chi connectivity index (χ4n) is 3.37. The Morgan fingerprint density at radius 1 is 1.27 bits per heavy atom. The predicted molar refractivity (Wildman–Crippen MR) is 105 cm³/mol. The van der Waals surface area contributed by atoms with Gasteiger partial charge in [-0.25, -0.2) is 4.39 Å². The monoisotopic (exact) mass is 375 g/mol. The molecule has 0 bridgehead atoms. The van der Waals surface area contributed by atoms with Crippen molar-refractivity contribution in [2.75, 3.05) is 18.4 Å². The highest BCUT2D eigenvalue weighted by atomic mass is 32.1. The Balaban J connectivity index is 1.73. The van der Waals surface area contributed by atoms with E-state index in [0.717, 1.165) is 19.6 Å². The van der Waals surface area contributed by atoms with Crippen molar-refractivity contribution in [2.24, 2.45) is 0 Å². The summed E-state index contributed by atoms with van der Waals surface area (Å²) in [6.07, 6.45) is 1.38. The lowest BCUT2D eigenvalue weighted by atomic mass is 9.85. The van der Waals surface area contributed by atoms with Crippen LogP contribution in [0.2, 0.25) is 0 Å². The van der Waals surface area contributed by atoms with Gasteiger partial charge in [0.05, 0.1) is 0 Å². The van der Waals surface area contributed by atoms with Crippen molar-refractivity contribution in [2.45, 2.75) is 44.8 Å². The number of likely N-dealkylation sites (tertiary alicyclic amines) is 1. The van der Waals surface area contributed by atoms with Gasteiger partial charge in [0.2, 0.25) is 5.91 Å². The summed E-state index contributed by atoms with van der Waals surface area (Å²) in [7, 11) is 0. The van der Waals surface area contributed by atoms with Gasteiger partial charge in [-0.3, -0.25) is 9.69 Å². The minimum Gasteiger partial charge on any atom is -0.371 e. The van der Waals surface area contributed by atoms with Crippen LogP contribution in [0.5, 0.6) is 0 Å². The van der Waals surface area contributed by atoms with Gasteiger partial charge < -0.3 is 10.6 Å². The molecule has 0 unspecified atom stereocenters. The molecule has 1 aromatic carbocycles. The number of benzene rings is 1. The molecule has 0 spiro atoms. The van der Waals surface area contributed by atoms with E-state index in [0.29, 0.717) is 18.5 Å². The Kier molecular flexibility index (Phi) is 5.94. The number of hydrogen-bond acceptors (Lipinski definition) is 4. The van der Waals surface area contributed by atoms with Crippen LogP contribution in [0.1, 0.15) is 31.6 Å². The molecule has 2 heterocycles. The van der Waals surface area contributed by atoms with Gasteiger partial charge in [-0.1, -0.05) is 12.1 Å². The Hall–Kier alpha value is -1.92. The van der Waals surface area contributed by atoms with Gasteiger partial charge in [0.1, 0.15) is 11.4 Å². The van der Waals surface area contributed by atoms with Crippen LogP contribution < -0.4 is 10.6 Å². The average Bonchev–Trinajstić information content (AvgIpc) is 3.09. The largest absolute Gasteiger partial charge is 0.371 e. The molecule has 3 rings (SSSR count). The Bertz CT molecular complexity index is 724. The number of carbonyl (C=O) groups excluding carboxylic acids is 1. The maximum absolute atomic E-state index is 13.6. The molecule has 1 fully saturated rings. The summed E-state index contributed by atoms with van der Waals surface area (Å²) >= 11 is 1.76. The third-order valence-corrected chi connectivity index (χ3v) is 5.59. The van der Waals surface area contributed by atoms with E-state index < -0.39 is 5.54 Å². The second-order valence-electron chi connectivity index (χ2n) is 7.20. The van der Waals surface area contributed by atoms with Crippen molar-refractivity contribution in [3.05, 3.63) is 52.5 Å². The quantitative estimate of drug-likeness (QED) is 0.806. The molecular weight excluding hydrogens is 349 g/mol. The van der Waals surface area contributed by atoms with Crippen LogP contribution in [0.4, 0.5) is 10.1 Å². The fourth-order valence-corrected chi connectivity index (χ4v) is 4.11. The topological polar surface area (TPSA) is 44.4 Å². The molecule has 1 amide bonds. The molecule has 0 radical (unpaired) electrons. The highest BCUT2D eigenvalue weighted by molar-refractivity contribution is 7.09. The lowest BCUT2D eigenvalue weighted by Crippen LogP contribution is -2.59.